The molecule has 19 heavy (non-hydrogen) atoms. The van der Waals surface area contributed by atoms with E-state index >= 15 is 0 Å². The first-order chi connectivity index (χ1) is 8.90. The number of hydrogen-bond acceptors (Lipinski definition) is 4. The molecule has 1 aliphatic heterocycles. The fourth-order valence-electron chi connectivity index (χ4n) is 2.17. The zero-order chi connectivity index (χ0) is 14.0. The summed E-state index contributed by atoms with van der Waals surface area (Å²) in [5.41, 5.74) is 0.00342. The SMILES string of the molecule is CC1(C)OCC(CNc2ccnc(Cl)c2)N1C(=O)O. The van der Waals surface area contributed by atoms with E-state index in [0.717, 1.165) is 5.69 Å². The molecule has 0 radical (unpaired) electrons. The zero-order valence-electron chi connectivity index (χ0n) is 10.8. The quantitative estimate of drug-likeness (QED) is 0.833. The molecule has 0 aromatic carbocycles. The highest BCUT2D eigenvalue weighted by Gasteiger charge is 2.43. The molecule has 2 heterocycles. The molecule has 104 valence electrons. The van der Waals surface area contributed by atoms with Crippen molar-refractivity contribution >= 4 is 23.4 Å². The van der Waals surface area contributed by atoms with E-state index < -0.39 is 11.8 Å². The topological polar surface area (TPSA) is 74.7 Å². The van der Waals surface area contributed by atoms with E-state index in [4.69, 9.17) is 16.3 Å². The minimum atomic E-state index is -0.984. The molecule has 1 aliphatic rings. The minimum Gasteiger partial charge on any atom is -0.465 e. The number of anilines is 1. The molecule has 0 bridgehead atoms. The van der Waals surface area contributed by atoms with Crippen LogP contribution in [-0.2, 0) is 4.74 Å². The Morgan fingerprint density at radius 2 is 2.47 bits per heavy atom. The molecule has 1 saturated heterocycles. The van der Waals surface area contributed by atoms with E-state index in [9.17, 15) is 9.90 Å². The van der Waals surface area contributed by atoms with Gasteiger partial charge in [0.1, 0.15) is 10.9 Å². The summed E-state index contributed by atoms with van der Waals surface area (Å²) in [4.78, 5) is 16.5. The largest absolute Gasteiger partial charge is 0.465 e. The molecule has 0 spiro atoms. The average molecular weight is 286 g/mol. The van der Waals surface area contributed by atoms with E-state index in [0.29, 0.717) is 18.3 Å². The van der Waals surface area contributed by atoms with Gasteiger partial charge in [0.15, 0.2) is 0 Å². The van der Waals surface area contributed by atoms with Crippen molar-refractivity contribution in [3.05, 3.63) is 23.5 Å². The lowest BCUT2D eigenvalue weighted by molar-refractivity contribution is -0.0416. The number of halogens is 1. The molecule has 1 fully saturated rings. The lowest BCUT2D eigenvalue weighted by Crippen LogP contribution is -2.49. The monoisotopic (exact) mass is 285 g/mol. The van der Waals surface area contributed by atoms with Crippen LogP contribution in [0.25, 0.3) is 0 Å². The summed E-state index contributed by atoms with van der Waals surface area (Å²) in [7, 11) is 0. The highest BCUT2D eigenvalue weighted by Crippen LogP contribution is 2.27. The number of hydrogen-bond donors (Lipinski definition) is 2. The van der Waals surface area contributed by atoms with Crippen molar-refractivity contribution in [3.8, 4) is 0 Å². The first kappa shape index (κ1) is 13.9. The maximum Gasteiger partial charge on any atom is 0.409 e. The maximum absolute atomic E-state index is 11.3. The molecule has 2 rings (SSSR count). The number of pyridine rings is 1. The van der Waals surface area contributed by atoms with Gasteiger partial charge in [-0.15, -0.1) is 0 Å². The number of amides is 1. The molecule has 7 heteroatoms. The summed E-state index contributed by atoms with van der Waals surface area (Å²) in [6.07, 6.45) is 0.608. The van der Waals surface area contributed by atoms with Gasteiger partial charge in [0.2, 0.25) is 0 Å². The van der Waals surface area contributed by atoms with Crippen molar-refractivity contribution < 1.29 is 14.6 Å². The van der Waals surface area contributed by atoms with Crippen LogP contribution in [0, 0.1) is 0 Å². The fraction of sp³-hybridized carbons (Fsp3) is 0.500. The van der Waals surface area contributed by atoms with Crippen molar-refractivity contribution in [2.24, 2.45) is 0 Å². The zero-order valence-corrected chi connectivity index (χ0v) is 11.5. The summed E-state index contributed by atoms with van der Waals surface area (Å²) in [6, 6.07) is 3.23. The Bertz CT molecular complexity index is 481. The van der Waals surface area contributed by atoms with Gasteiger partial charge < -0.3 is 15.2 Å². The van der Waals surface area contributed by atoms with Crippen molar-refractivity contribution in [1.29, 1.82) is 0 Å². The molecule has 1 unspecified atom stereocenters. The third kappa shape index (κ3) is 3.08. The molecule has 2 N–H and O–H groups in total. The van der Waals surface area contributed by atoms with E-state index in [-0.39, 0.29) is 6.04 Å². The molecule has 1 aromatic heterocycles. The van der Waals surface area contributed by atoms with Crippen LogP contribution in [0.5, 0.6) is 0 Å². The summed E-state index contributed by atoms with van der Waals surface area (Å²) in [5, 5.41) is 12.8. The number of ether oxygens (including phenoxy) is 1. The number of carboxylic acid groups (broad SMARTS) is 1. The Kier molecular flexibility index (Phi) is 3.82. The van der Waals surface area contributed by atoms with Crippen LogP contribution in [0.3, 0.4) is 0 Å². The van der Waals surface area contributed by atoms with Crippen LogP contribution in [0.1, 0.15) is 13.8 Å². The predicted molar refractivity (Wildman–Crippen MR) is 71.4 cm³/mol. The standard InChI is InChI=1S/C12H16ClN3O3/c1-12(2)16(11(17)18)9(7-19-12)6-15-8-3-4-14-10(13)5-8/h3-5,9H,6-7H2,1-2H3,(H,14,15)(H,17,18). The van der Waals surface area contributed by atoms with Gasteiger partial charge in [-0.1, -0.05) is 11.6 Å². The van der Waals surface area contributed by atoms with E-state index in [2.05, 4.69) is 10.3 Å². The fourth-order valence-corrected chi connectivity index (χ4v) is 2.34. The third-order valence-corrected chi connectivity index (χ3v) is 3.26. The Balaban J connectivity index is 2.01. The summed E-state index contributed by atoms with van der Waals surface area (Å²) < 4.78 is 5.51. The first-order valence-corrected chi connectivity index (χ1v) is 6.29. The maximum atomic E-state index is 11.3. The minimum absolute atomic E-state index is 0.237. The second-order valence-corrected chi connectivity index (χ2v) is 5.20. The lowest BCUT2D eigenvalue weighted by Gasteiger charge is -2.31. The number of aromatic nitrogens is 1. The van der Waals surface area contributed by atoms with Gasteiger partial charge in [-0.25, -0.2) is 9.78 Å². The summed E-state index contributed by atoms with van der Waals surface area (Å²) >= 11 is 5.78. The molecule has 0 aliphatic carbocycles. The van der Waals surface area contributed by atoms with Crippen LogP contribution < -0.4 is 5.32 Å². The molecule has 6 nitrogen and oxygen atoms in total. The van der Waals surface area contributed by atoms with Gasteiger partial charge in [0, 0.05) is 18.4 Å². The molecule has 1 atom stereocenters. The Labute approximate surface area is 116 Å². The van der Waals surface area contributed by atoms with Gasteiger partial charge >= 0.3 is 6.09 Å². The number of carbonyl (C=O) groups is 1. The number of nitrogens with one attached hydrogen (secondary N) is 1. The Hall–Kier alpha value is -1.53. The molecular formula is C12H16ClN3O3. The summed E-state index contributed by atoms with van der Waals surface area (Å²) in [5.74, 6) is 0. The van der Waals surface area contributed by atoms with Gasteiger partial charge in [-0.2, -0.15) is 0 Å². The highest BCUT2D eigenvalue weighted by molar-refractivity contribution is 6.29. The second-order valence-electron chi connectivity index (χ2n) is 4.81. The summed E-state index contributed by atoms with van der Waals surface area (Å²) in [6.45, 7) is 4.30. The van der Waals surface area contributed by atoms with Crippen LogP contribution in [0.15, 0.2) is 18.3 Å². The van der Waals surface area contributed by atoms with Gasteiger partial charge in [0.05, 0.1) is 12.6 Å². The highest BCUT2D eigenvalue weighted by atomic mass is 35.5. The van der Waals surface area contributed by atoms with Crippen LogP contribution >= 0.6 is 11.6 Å². The molecular weight excluding hydrogens is 270 g/mol. The van der Waals surface area contributed by atoms with Crippen molar-refractivity contribution in [1.82, 2.24) is 9.88 Å². The third-order valence-electron chi connectivity index (χ3n) is 3.05. The lowest BCUT2D eigenvalue weighted by atomic mass is 10.2. The van der Waals surface area contributed by atoms with Gasteiger partial charge in [-0.3, -0.25) is 4.90 Å². The van der Waals surface area contributed by atoms with E-state index in [1.165, 1.54) is 4.90 Å². The van der Waals surface area contributed by atoms with E-state index in [1.807, 2.05) is 0 Å². The van der Waals surface area contributed by atoms with Crippen molar-refractivity contribution in [2.75, 3.05) is 18.5 Å². The van der Waals surface area contributed by atoms with Crippen LogP contribution in [-0.4, -0.2) is 46.0 Å². The van der Waals surface area contributed by atoms with Crippen molar-refractivity contribution in [2.45, 2.75) is 25.6 Å². The first-order valence-electron chi connectivity index (χ1n) is 5.92. The predicted octanol–water partition coefficient (Wildman–Crippen LogP) is 2.26. The normalized spacial score (nSPS) is 21.4. The molecule has 1 amide bonds. The Morgan fingerprint density at radius 3 is 3.11 bits per heavy atom. The van der Waals surface area contributed by atoms with Gasteiger partial charge in [0.25, 0.3) is 0 Å². The van der Waals surface area contributed by atoms with E-state index in [1.54, 1.807) is 32.2 Å². The second kappa shape index (κ2) is 5.22. The van der Waals surface area contributed by atoms with Crippen LogP contribution in [0.4, 0.5) is 10.5 Å². The smallest absolute Gasteiger partial charge is 0.409 e. The van der Waals surface area contributed by atoms with Crippen LogP contribution in [0.2, 0.25) is 5.15 Å². The number of rotatable bonds is 3. The molecule has 1 aromatic rings. The van der Waals surface area contributed by atoms with Crippen molar-refractivity contribution in [3.63, 3.8) is 0 Å². The van der Waals surface area contributed by atoms with Gasteiger partial charge in [-0.05, 0) is 26.0 Å². The molecule has 0 saturated carbocycles. The average Bonchev–Trinajstić information content (AvgIpc) is 2.62. The number of nitrogens with zero attached hydrogens (tertiary/aromatic N) is 2. The Morgan fingerprint density at radius 1 is 1.74 bits per heavy atom.